The quantitative estimate of drug-likeness (QED) is 0.426. The number of nitrogens with zero attached hydrogens (tertiary/aromatic N) is 2. The molecule has 2 N–H and O–H groups in total. The van der Waals surface area contributed by atoms with Crippen molar-refractivity contribution in [3.63, 3.8) is 0 Å². The normalized spacial score (nSPS) is 13.9. The first-order chi connectivity index (χ1) is 15.4. The molecule has 0 amide bonds. The number of rotatable bonds is 7. The summed E-state index contributed by atoms with van der Waals surface area (Å²) in [5.41, 5.74) is 4.76. The van der Waals surface area contributed by atoms with Gasteiger partial charge >= 0.3 is 0 Å². The van der Waals surface area contributed by atoms with E-state index in [2.05, 4.69) is 14.9 Å². The highest BCUT2D eigenvalue weighted by Gasteiger charge is 2.26. The van der Waals surface area contributed by atoms with Crippen LogP contribution in [-0.4, -0.2) is 24.2 Å². The highest BCUT2D eigenvalue weighted by atomic mass is 32.2. The fourth-order valence-corrected chi connectivity index (χ4v) is 4.38. The van der Waals surface area contributed by atoms with Crippen LogP contribution in [0.5, 0.6) is 0 Å². The zero-order valence-corrected chi connectivity index (χ0v) is 19.2. The van der Waals surface area contributed by atoms with Gasteiger partial charge in [-0.3, -0.25) is 4.98 Å². The molecule has 4 rings (SSSR count). The first-order valence-corrected chi connectivity index (χ1v) is 11.7. The average Bonchev–Trinajstić information content (AvgIpc) is 3.22. The number of fused-ring (bicyclic) bond motifs is 1. The Hall–Kier alpha value is -2.87. The Kier molecular flexibility index (Phi) is 6.50. The summed E-state index contributed by atoms with van der Waals surface area (Å²) in [6.07, 6.45) is 0.502. The minimum absolute atomic E-state index is 0.124. The number of pyridine rings is 1. The number of aliphatic hydroxyl groups excluding tert-OH is 1. The van der Waals surface area contributed by atoms with E-state index in [0.717, 1.165) is 33.5 Å². The highest BCUT2D eigenvalue weighted by Crippen LogP contribution is 2.34. The van der Waals surface area contributed by atoms with E-state index in [4.69, 9.17) is 4.52 Å². The molecule has 2 aromatic carbocycles. The molecule has 32 heavy (non-hydrogen) atoms. The molecule has 2 heterocycles. The maximum Gasteiger partial charge on any atom is 0.167 e. The molecule has 2 aromatic heterocycles. The van der Waals surface area contributed by atoms with Gasteiger partial charge < -0.3 is 9.63 Å². The molecule has 0 saturated heterocycles. The topological polar surface area (TPSA) is 88.2 Å². The number of aromatic nitrogens is 2. The van der Waals surface area contributed by atoms with Crippen molar-refractivity contribution in [2.75, 3.05) is 0 Å². The Balaban J connectivity index is 1.80. The van der Waals surface area contributed by atoms with Crippen LogP contribution in [0.25, 0.3) is 22.2 Å². The van der Waals surface area contributed by atoms with Crippen molar-refractivity contribution in [3.05, 3.63) is 83.7 Å². The summed E-state index contributed by atoms with van der Waals surface area (Å²) in [5, 5.41) is 14.8. The molecule has 2 atom stereocenters. The highest BCUT2D eigenvalue weighted by molar-refractivity contribution is 7.84. The van der Waals surface area contributed by atoms with Crippen LogP contribution in [0, 0.1) is 0 Å². The number of para-hydroxylation sites is 1. The Labute approximate surface area is 190 Å². The van der Waals surface area contributed by atoms with Gasteiger partial charge in [0.1, 0.15) is 5.69 Å². The lowest BCUT2D eigenvalue weighted by Crippen LogP contribution is -2.36. The molecule has 0 bridgehead atoms. The summed E-state index contributed by atoms with van der Waals surface area (Å²) in [7, 11) is -1.30. The minimum Gasteiger partial charge on any atom is -0.390 e. The fourth-order valence-electron chi connectivity index (χ4n) is 3.56. The van der Waals surface area contributed by atoms with Crippen molar-refractivity contribution in [2.45, 2.75) is 44.6 Å². The van der Waals surface area contributed by atoms with Gasteiger partial charge in [0.25, 0.3) is 0 Å². The van der Waals surface area contributed by atoms with Crippen molar-refractivity contribution in [2.24, 2.45) is 0 Å². The van der Waals surface area contributed by atoms with Crippen LogP contribution in [0.2, 0.25) is 0 Å². The predicted octanol–water partition coefficient (Wildman–Crippen LogP) is 4.72. The largest absolute Gasteiger partial charge is 0.390 e. The van der Waals surface area contributed by atoms with Crippen LogP contribution in [0.15, 0.2) is 71.3 Å². The van der Waals surface area contributed by atoms with Gasteiger partial charge in [0.05, 0.1) is 34.1 Å². The summed E-state index contributed by atoms with van der Waals surface area (Å²) in [6, 6.07) is 21.0. The number of nitrogens with one attached hydrogen (secondary N) is 1. The van der Waals surface area contributed by atoms with E-state index in [1.807, 2.05) is 81.4 Å². The first kappa shape index (κ1) is 22.3. The van der Waals surface area contributed by atoms with E-state index in [0.29, 0.717) is 12.1 Å². The smallest absolute Gasteiger partial charge is 0.167 e. The molecular weight excluding hydrogens is 422 g/mol. The lowest BCUT2D eigenvalue weighted by atomic mass is 9.94. The van der Waals surface area contributed by atoms with Crippen LogP contribution >= 0.6 is 0 Å². The molecule has 0 aliphatic carbocycles. The van der Waals surface area contributed by atoms with E-state index in [1.165, 1.54) is 0 Å². The van der Waals surface area contributed by atoms with E-state index >= 15 is 0 Å². The summed E-state index contributed by atoms with van der Waals surface area (Å²) in [4.78, 5) is 4.55. The second-order valence-electron chi connectivity index (χ2n) is 8.65. The molecule has 7 heteroatoms. The van der Waals surface area contributed by atoms with Crippen molar-refractivity contribution in [1.29, 1.82) is 0 Å². The van der Waals surface area contributed by atoms with Crippen molar-refractivity contribution < 1.29 is 13.8 Å². The van der Waals surface area contributed by atoms with Crippen LogP contribution in [0.3, 0.4) is 0 Å². The third-order valence-electron chi connectivity index (χ3n) is 5.21. The van der Waals surface area contributed by atoms with Gasteiger partial charge in [0.15, 0.2) is 5.58 Å². The van der Waals surface area contributed by atoms with Crippen LogP contribution in [-0.2, 0) is 24.0 Å². The van der Waals surface area contributed by atoms with Gasteiger partial charge in [0, 0.05) is 23.1 Å². The lowest BCUT2D eigenvalue weighted by molar-refractivity contribution is 0.276. The van der Waals surface area contributed by atoms with Crippen LogP contribution in [0.1, 0.15) is 43.8 Å². The molecule has 166 valence electrons. The Morgan fingerprint density at radius 3 is 2.50 bits per heavy atom. The number of benzene rings is 2. The molecule has 6 nitrogen and oxygen atoms in total. The minimum atomic E-state index is -1.30. The van der Waals surface area contributed by atoms with Crippen LogP contribution < -0.4 is 4.72 Å². The molecular formula is C25H27N3O3S. The molecule has 0 spiro atoms. The lowest BCUT2D eigenvalue weighted by Gasteiger charge is -2.26. The molecule has 0 aliphatic heterocycles. The van der Waals surface area contributed by atoms with Crippen molar-refractivity contribution >= 4 is 22.0 Å². The Morgan fingerprint density at radius 1 is 1.00 bits per heavy atom. The van der Waals surface area contributed by atoms with Gasteiger partial charge in [-0.2, -0.15) is 0 Å². The number of hydrogen-bond acceptors (Lipinski definition) is 5. The third-order valence-corrected chi connectivity index (χ3v) is 6.82. The standard InChI is InChI=1S/C25H27N3O3S/c1-25(2,3)32(30)28-22(15-17-9-8-10-18(16-29)26-17)19-11-4-5-12-20(19)24-21-13-6-7-14-23(21)31-27-24/h4-14,22,28-29H,15-16H2,1-3H3/t22-,32-/m0/s1. The van der Waals surface area contributed by atoms with Gasteiger partial charge in [-0.1, -0.05) is 47.6 Å². The zero-order valence-electron chi connectivity index (χ0n) is 18.4. The Morgan fingerprint density at radius 2 is 1.72 bits per heavy atom. The van der Waals surface area contributed by atoms with E-state index in [1.54, 1.807) is 6.07 Å². The van der Waals surface area contributed by atoms with Gasteiger partial charge in [0.2, 0.25) is 0 Å². The summed E-state index contributed by atoms with van der Waals surface area (Å²) in [6.45, 7) is 5.69. The first-order valence-electron chi connectivity index (χ1n) is 10.5. The fraction of sp³-hybridized carbons (Fsp3) is 0.280. The molecule has 0 unspecified atom stereocenters. The number of aliphatic hydroxyl groups is 1. The van der Waals surface area contributed by atoms with E-state index in [9.17, 15) is 9.32 Å². The predicted molar refractivity (Wildman–Crippen MR) is 127 cm³/mol. The van der Waals surface area contributed by atoms with Gasteiger partial charge in [-0.05, 0) is 50.6 Å². The second kappa shape index (κ2) is 9.32. The second-order valence-corrected chi connectivity index (χ2v) is 10.6. The van der Waals surface area contributed by atoms with Gasteiger partial charge in [-0.15, -0.1) is 0 Å². The zero-order chi connectivity index (χ0) is 22.7. The SMILES string of the molecule is CC(C)(C)[S@](=O)N[C@@H](Cc1cccc(CO)n1)c1ccccc1-c1noc2ccccc12. The van der Waals surface area contributed by atoms with Crippen LogP contribution in [0.4, 0.5) is 0 Å². The maximum absolute atomic E-state index is 13.1. The summed E-state index contributed by atoms with van der Waals surface area (Å²) >= 11 is 0. The van der Waals surface area contributed by atoms with Crippen molar-refractivity contribution in [1.82, 2.24) is 14.9 Å². The van der Waals surface area contributed by atoms with E-state index in [-0.39, 0.29) is 12.6 Å². The summed E-state index contributed by atoms with van der Waals surface area (Å²) < 4.78 is 21.5. The van der Waals surface area contributed by atoms with Crippen molar-refractivity contribution in [3.8, 4) is 11.3 Å². The molecule has 0 saturated carbocycles. The average molecular weight is 450 g/mol. The van der Waals surface area contributed by atoms with Gasteiger partial charge in [-0.25, -0.2) is 8.93 Å². The Bertz CT molecular complexity index is 1250. The monoisotopic (exact) mass is 449 g/mol. The summed E-state index contributed by atoms with van der Waals surface area (Å²) in [5.74, 6) is 0. The molecule has 4 aromatic rings. The molecule has 0 radical (unpaired) electrons. The maximum atomic E-state index is 13.1. The number of hydrogen-bond donors (Lipinski definition) is 2. The molecule has 0 fully saturated rings. The molecule has 0 aliphatic rings. The van der Waals surface area contributed by atoms with E-state index < -0.39 is 15.7 Å². The third kappa shape index (κ3) is 4.80.